The summed E-state index contributed by atoms with van der Waals surface area (Å²) < 4.78 is 18.3. The van der Waals surface area contributed by atoms with E-state index in [1.807, 2.05) is 6.92 Å². The first-order valence-corrected chi connectivity index (χ1v) is 8.56. The van der Waals surface area contributed by atoms with Gasteiger partial charge in [0.15, 0.2) is 0 Å². The van der Waals surface area contributed by atoms with Gasteiger partial charge in [-0.05, 0) is 42.9 Å². The second-order valence-corrected chi connectivity index (χ2v) is 6.55. The van der Waals surface area contributed by atoms with Gasteiger partial charge >= 0.3 is 6.09 Å². The molecule has 1 aliphatic carbocycles. The summed E-state index contributed by atoms with van der Waals surface area (Å²) in [7, 11) is 0. The van der Waals surface area contributed by atoms with Crippen molar-refractivity contribution in [2.45, 2.75) is 50.7 Å². The average Bonchev–Trinajstić information content (AvgIpc) is 3.34. The van der Waals surface area contributed by atoms with E-state index in [-0.39, 0.29) is 29.8 Å². The van der Waals surface area contributed by atoms with Crippen LogP contribution in [0.15, 0.2) is 24.3 Å². The first-order valence-electron chi connectivity index (χ1n) is 8.56. The van der Waals surface area contributed by atoms with Gasteiger partial charge in [0.1, 0.15) is 11.9 Å². The van der Waals surface area contributed by atoms with Gasteiger partial charge in [0.05, 0.1) is 13.1 Å². The van der Waals surface area contributed by atoms with E-state index in [0.717, 1.165) is 24.8 Å². The maximum absolute atomic E-state index is 13.0. The molecular formula is C18H23FN2O3. The van der Waals surface area contributed by atoms with Crippen molar-refractivity contribution in [2.24, 2.45) is 0 Å². The molecule has 130 valence electrons. The van der Waals surface area contributed by atoms with Gasteiger partial charge in [-0.15, -0.1) is 0 Å². The number of nitrogens with one attached hydrogen (secondary N) is 1. The van der Waals surface area contributed by atoms with Crippen molar-refractivity contribution in [1.29, 1.82) is 0 Å². The average molecular weight is 334 g/mol. The van der Waals surface area contributed by atoms with Crippen LogP contribution < -0.4 is 5.32 Å². The topological polar surface area (TPSA) is 58.6 Å². The first-order chi connectivity index (χ1) is 11.6. The second-order valence-electron chi connectivity index (χ2n) is 6.55. The van der Waals surface area contributed by atoms with Crippen LogP contribution >= 0.6 is 0 Å². The molecule has 1 saturated heterocycles. The lowest BCUT2D eigenvalue weighted by atomic mass is 9.93. The molecule has 5 nitrogen and oxygen atoms in total. The van der Waals surface area contributed by atoms with E-state index in [1.54, 1.807) is 17.0 Å². The summed E-state index contributed by atoms with van der Waals surface area (Å²) in [6.07, 6.45) is 2.69. The van der Waals surface area contributed by atoms with Crippen LogP contribution in [0, 0.1) is 5.82 Å². The number of cyclic esters (lactones) is 1. The molecule has 24 heavy (non-hydrogen) atoms. The number of carbonyl (C=O) groups is 2. The minimum Gasteiger partial charge on any atom is -0.442 e. The molecule has 1 heterocycles. The van der Waals surface area contributed by atoms with Gasteiger partial charge in [0, 0.05) is 12.5 Å². The second kappa shape index (κ2) is 7.20. The van der Waals surface area contributed by atoms with Crippen molar-refractivity contribution in [3.8, 4) is 0 Å². The zero-order valence-corrected chi connectivity index (χ0v) is 13.8. The van der Waals surface area contributed by atoms with E-state index in [0.29, 0.717) is 25.6 Å². The quantitative estimate of drug-likeness (QED) is 0.834. The van der Waals surface area contributed by atoms with Crippen molar-refractivity contribution in [3.05, 3.63) is 35.6 Å². The minimum atomic E-state index is -0.277. The number of carbonyl (C=O) groups excluding carboxylic acids is 2. The predicted molar refractivity (Wildman–Crippen MR) is 87.1 cm³/mol. The third-order valence-electron chi connectivity index (χ3n) is 4.68. The van der Waals surface area contributed by atoms with Crippen LogP contribution in [0.3, 0.4) is 0 Å². The SMILES string of the molecule is CCC(CC(=O)NCC1CN(C2CC2)C(=O)O1)c1ccc(F)cc1. The van der Waals surface area contributed by atoms with Gasteiger partial charge in [0.25, 0.3) is 0 Å². The number of nitrogens with zero attached hydrogens (tertiary/aromatic N) is 1. The molecule has 0 radical (unpaired) electrons. The van der Waals surface area contributed by atoms with Crippen LogP contribution in [-0.2, 0) is 9.53 Å². The summed E-state index contributed by atoms with van der Waals surface area (Å²) >= 11 is 0. The number of rotatable bonds is 7. The Morgan fingerprint density at radius 1 is 1.38 bits per heavy atom. The molecule has 1 aromatic rings. The van der Waals surface area contributed by atoms with Gasteiger partial charge in [-0.2, -0.15) is 0 Å². The van der Waals surface area contributed by atoms with Crippen LogP contribution in [0.1, 0.15) is 44.1 Å². The normalized spacial score (nSPS) is 21.5. The van der Waals surface area contributed by atoms with Crippen LogP contribution in [0.5, 0.6) is 0 Å². The molecule has 2 amide bonds. The van der Waals surface area contributed by atoms with E-state index in [9.17, 15) is 14.0 Å². The molecular weight excluding hydrogens is 311 g/mol. The highest BCUT2D eigenvalue weighted by atomic mass is 19.1. The monoisotopic (exact) mass is 334 g/mol. The molecule has 1 aliphatic heterocycles. The molecule has 0 spiro atoms. The number of hydrogen-bond donors (Lipinski definition) is 1. The molecule has 2 unspecified atom stereocenters. The number of ether oxygens (including phenoxy) is 1. The van der Waals surface area contributed by atoms with E-state index >= 15 is 0 Å². The Morgan fingerprint density at radius 3 is 2.71 bits per heavy atom. The highest BCUT2D eigenvalue weighted by molar-refractivity contribution is 5.77. The molecule has 1 saturated carbocycles. The summed E-state index contributed by atoms with van der Waals surface area (Å²) in [6.45, 7) is 2.90. The van der Waals surface area contributed by atoms with Crippen LogP contribution in [0.25, 0.3) is 0 Å². The van der Waals surface area contributed by atoms with Crippen LogP contribution in [0.2, 0.25) is 0 Å². The zero-order valence-electron chi connectivity index (χ0n) is 13.8. The smallest absolute Gasteiger partial charge is 0.410 e. The van der Waals surface area contributed by atoms with E-state index in [1.165, 1.54) is 12.1 Å². The third-order valence-corrected chi connectivity index (χ3v) is 4.68. The molecule has 3 rings (SSSR count). The summed E-state index contributed by atoms with van der Waals surface area (Å²) in [5.74, 6) is -0.298. The van der Waals surface area contributed by atoms with Crippen molar-refractivity contribution >= 4 is 12.0 Å². The van der Waals surface area contributed by atoms with E-state index < -0.39 is 0 Å². The standard InChI is InChI=1S/C18H23FN2O3/c1-2-12(13-3-5-14(19)6-4-13)9-17(22)20-10-16-11-21(15-7-8-15)18(23)24-16/h3-6,12,15-16H,2,7-11H2,1H3,(H,20,22). The minimum absolute atomic E-state index is 0.0553. The Morgan fingerprint density at radius 2 is 2.08 bits per heavy atom. The van der Waals surface area contributed by atoms with E-state index in [2.05, 4.69) is 5.32 Å². The maximum atomic E-state index is 13.0. The molecule has 6 heteroatoms. The van der Waals surface area contributed by atoms with Crippen molar-refractivity contribution in [3.63, 3.8) is 0 Å². The first kappa shape index (κ1) is 16.7. The molecule has 0 aromatic heterocycles. The Hall–Kier alpha value is -2.11. The van der Waals surface area contributed by atoms with Gasteiger partial charge < -0.3 is 15.0 Å². The number of amides is 2. The molecule has 2 fully saturated rings. The molecule has 1 aromatic carbocycles. The van der Waals surface area contributed by atoms with Crippen LogP contribution in [-0.4, -0.2) is 42.1 Å². The lowest BCUT2D eigenvalue weighted by Crippen LogP contribution is -2.35. The van der Waals surface area contributed by atoms with Gasteiger partial charge in [0.2, 0.25) is 5.91 Å². The summed E-state index contributed by atoms with van der Waals surface area (Å²) in [5.41, 5.74) is 0.959. The van der Waals surface area contributed by atoms with Crippen molar-refractivity contribution in [2.75, 3.05) is 13.1 Å². The maximum Gasteiger partial charge on any atom is 0.410 e. The fourth-order valence-electron chi connectivity index (χ4n) is 3.09. The third kappa shape index (κ3) is 4.04. The number of benzene rings is 1. The number of hydrogen-bond acceptors (Lipinski definition) is 3. The molecule has 0 bridgehead atoms. The Kier molecular flexibility index (Phi) is 5.02. The summed E-state index contributed by atoms with van der Waals surface area (Å²) in [5, 5.41) is 2.85. The fraction of sp³-hybridized carbons (Fsp3) is 0.556. The largest absolute Gasteiger partial charge is 0.442 e. The lowest BCUT2D eigenvalue weighted by Gasteiger charge is -2.16. The van der Waals surface area contributed by atoms with Crippen molar-refractivity contribution < 1.29 is 18.7 Å². The highest BCUT2D eigenvalue weighted by Gasteiger charge is 2.40. The number of halogens is 1. The van der Waals surface area contributed by atoms with E-state index in [4.69, 9.17) is 4.74 Å². The van der Waals surface area contributed by atoms with Crippen molar-refractivity contribution in [1.82, 2.24) is 10.2 Å². The summed E-state index contributed by atoms with van der Waals surface area (Å²) in [6, 6.07) is 6.62. The molecule has 2 aliphatic rings. The van der Waals surface area contributed by atoms with Crippen LogP contribution in [0.4, 0.5) is 9.18 Å². The Bertz CT molecular complexity index is 601. The Labute approximate surface area is 141 Å². The van der Waals surface area contributed by atoms with Gasteiger partial charge in [-0.1, -0.05) is 19.1 Å². The predicted octanol–water partition coefficient (Wildman–Crippen LogP) is 2.81. The Balaban J connectivity index is 1.46. The van der Waals surface area contributed by atoms with Gasteiger partial charge in [-0.3, -0.25) is 4.79 Å². The molecule has 1 N–H and O–H groups in total. The highest BCUT2D eigenvalue weighted by Crippen LogP contribution is 2.30. The van der Waals surface area contributed by atoms with Gasteiger partial charge in [-0.25, -0.2) is 9.18 Å². The summed E-state index contributed by atoms with van der Waals surface area (Å²) in [4.78, 5) is 25.6. The molecule has 2 atom stereocenters. The zero-order chi connectivity index (χ0) is 17.1. The lowest BCUT2D eigenvalue weighted by molar-refractivity contribution is -0.121. The fourth-order valence-corrected chi connectivity index (χ4v) is 3.09.